The summed E-state index contributed by atoms with van der Waals surface area (Å²) >= 11 is 5.88. The van der Waals surface area contributed by atoms with E-state index < -0.39 is 11.7 Å². The molecule has 0 atom stereocenters. The number of halogens is 2. The molecule has 0 saturated carbocycles. The number of amides is 1. The maximum Gasteiger partial charge on any atom is 0.254 e. The van der Waals surface area contributed by atoms with E-state index in [1.54, 1.807) is 18.2 Å². The predicted octanol–water partition coefficient (Wildman–Crippen LogP) is 3.76. The molecule has 0 aliphatic rings. The Morgan fingerprint density at radius 2 is 2.05 bits per heavy atom. The Morgan fingerprint density at radius 3 is 2.80 bits per heavy atom. The summed E-state index contributed by atoms with van der Waals surface area (Å²) in [4.78, 5) is 11.9. The fraction of sp³-hybridized carbons (Fsp3) is 0.188. The first-order chi connectivity index (χ1) is 9.56. The number of carbonyl (C=O) groups excluding carboxylic acids is 1. The largest absolute Gasteiger partial charge is 0.352 e. The highest BCUT2D eigenvalue weighted by Crippen LogP contribution is 2.12. The van der Waals surface area contributed by atoms with Crippen LogP contribution in [0.3, 0.4) is 0 Å². The number of carbonyl (C=O) groups is 1. The van der Waals surface area contributed by atoms with Crippen LogP contribution in [-0.2, 0) is 6.42 Å². The van der Waals surface area contributed by atoms with Gasteiger partial charge in [0, 0.05) is 11.6 Å². The number of hydrogen-bond donors (Lipinski definition) is 1. The van der Waals surface area contributed by atoms with Gasteiger partial charge in [-0.05, 0) is 43.2 Å². The summed E-state index contributed by atoms with van der Waals surface area (Å²) < 4.78 is 13.5. The van der Waals surface area contributed by atoms with E-state index >= 15 is 0 Å². The monoisotopic (exact) mass is 291 g/mol. The molecule has 0 heterocycles. The van der Waals surface area contributed by atoms with Crippen molar-refractivity contribution in [3.63, 3.8) is 0 Å². The van der Waals surface area contributed by atoms with Gasteiger partial charge in [-0.25, -0.2) is 4.39 Å². The molecule has 1 N–H and O–H groups in total. The molecule has 0 aliphatic carbocycles. The number of rotatable bonds is 4. The number of aryl methyl sites for hydroxylation is 1. The van der Waals surface area contributed by atoms with Gasteiger partial charge in [-0.3, -0.25) is 4.79 Å². The number of hydrogen-bond acceptors (Lipinski definition) is 1. The van der Waals surface area contributed by atoms with Crippen LogP contribution in [0.5, 0.6) is 0 Å². The van der Waals surface area contributed by atoms with Gasteiger partial charge in [0.05, 0.1) is 5.56 Å². The topological polar surface area (TPSA) is 29.1 Å². The lowest BCUT2D eigenvalue weighted by atomic mass is 10.1. The lowest BCUT2D eigenvalue weighted by Crippen LogP contribution is -2.26. The van der Waals surface area contributed by atoms with Crippen molar-refractivity contribution in [2.75, 3.05) is 6.54 Å². The average Bonchev–Trinajstić information content (AvgIpc) is 2.41. The molecular formula is C16H15ClFNO. The normalized spacial score (nSPS) is 10.3. The molecule has 0 bridgehead atoms. The van der Waals surface area contributed by atoms with Crippen molar-refractivity contribution in [3.05, 3.63) is 70.0 Å². The maximum atomic E-state index is 13.5. The van der Waals surface area contributed by atoms with Gasteiger partial charge in [0.25, 0.3) is 5.91 Å². The third-order valence-electron chi connectivity index (χ3n) is 2.95. The van der Waals surface area contributed by atoms with Crippen molar-refractivity contribution in [1.82, 2.24) is 5.32 Å². The van der Waals surface area contributed by atoms with E-state index in [9.17, 15) is 9.18 Å². The van der Waals surface area contributed by atoms with E-state index in [1.165, 1.54) is 6.07 Å². The molecule has 0 spiro atoms. The van der Waals surface area contributed by atoms with Crippen LogP contribution < -0.4 is 5.32 Å². The summed E-state index contributed by atoms with van der Waals surface area (Å²) in [6.45, 7) is 2.26. The SMILES string of the molecule is Cc1ccc(F)c(C(=O)NCCc2cccc(Cl)c2)c1. The molecule has 0 aromatic heterocycles. The second-order valence-corrected chi connectivity index (χ2v) is 5.06. The Bertz CT molecular complexity index is 628. The van der Waals surface area contributed by atoms with Crippen molar-refractivity contribution in [1.29, 1.82) is 0 Å². The summed E-state index contributed by atoms with van der Waals surface area (Å²) in [5.74, 6) is -0.899. The summed E-state index contributed by atoms with van der Waals surface area (Å²) in [7, 11) is 0. The van der Waals surface area contributed by atoms with Gasteiger partial charge < -0.3 is 5.32 Å². The molecule has 0 saturated heterocycles. The molecule has 0 radical (unpaired) electrons. The van der Waals surface area contributed by atoms with Crippen LogP contribution in [0, 0.1) is 12.7 Å². The molecule has 2 aromatic carbocycles. The van der Waals surface area contributed by atoms with Gasteiger partial charge in [-0.1, -0.05) is 35.4 Å². The fourth-order valence-corrected chi connectivity index (χ4v) is 2.13. The molecule has 104 valence electrons. The first kappa shape index (κ1) is 14.5. The van der Waals surface area contributed by atoms with Gasteiger partial charge >= 0.3 is 0 Å². The van der Waals surface area contributed by atoms with Gasteiger partial charge in [0.2, 0.25) is 0 Å². The standard InChI is InChI=1S/C16H15ClFNO/c1-11-5-6-15(18)14(9-11)16(20)19-8-7-12-3-2-4-13(17)10-12/h2-6,9-10H,7-8H2,1H3,(H,19,20). The Labute approximate surface area is 122 Å². The highest BCUT2D eigenvalue weighted by atomic mass is 35.5. The van der Waals surface area contributed by atoms with Gasteiger partial charge in [-0.15, -0.1) is 0 Å². The van der Waals surface area contributed by atoms with Crippen LogP contribution >= 0.6 is 11.6 Å². The molecular weight excluding hydrogens is 277 g/mol. The van der Waals surface area contributed by atoms with Crippen molar-refractivity contribution in [2.45, 2.75) is 13.3 Å². The van der Waals surface area contributed by atoms with Crippen LogP contribution in [0.1, 0.15) is 21.5 Å². The van der Waals surface area contributed by atoms with E-state index in [1.807, 2.05) is 25.1 Å². The van der Waals surface area contributed by atoms with Crippen LogP contribution in [0.15, 0.2) is 42.5 Å². The minimum absolute atomic E-state index is 0.0797. The van der Waals surface area contributed by atoms with Crippen molar-refractivity contribution < 1.29 is 9.18 Å². The summed E-state index contributed by atoms with van der Waals surface area (Å²) in [5.41, 5.74) is 1.96. The first-order valence-corrected chi connectivity index (χ1v) is 6.73. The van der Waals surface area contributed by atoms with Gasteiger partial charge in [0.15, 0.2) is 0 Å². The Morgan fingerprint density at radius 1 is 1.25 bits per heavy atom. The van der Waals surface area contributed by atoms with Crippen molar-refractivity contribution >= 4 is 17.5 Å². The van der Waals surface area contributed by atoms with E-state index in [0.717, 1.165) is 11.1 Å². The fourth-order valence-electron chi connectivity index (χ4n) is 1.92. The molecule has 20 heavy (non-hydrogen) atoms. The average molecular weight is 292 g/mol. The highest BCUT2D eigenvalue weighted by molar-refractivity contribution is 6.30. The zero-order valence-corrected chi connectivity index (χ0v) is 11.9. The number of benzene rings is 2. The third-order valence-corrected chi connectivity index (χ3v) is 3.19. The molecule has 0 aliphatic heterocycles. The number of nitrogens with one attached hydrogen (secondary N) is 1. The molecule has 2 rings (SSSR count). The van der Waals surface area contributed by atoms with Crippen LogP contribution in [0.25, 0.3) is 0 Å². The lowest BCUT2D eigenvalue weighted by Gasteiger charge is -2.07. The van der Waals surface area contributed by atoms with E-state index in [0.29, 0.717) is 18.0 Å². The van der Waals surface area contributed by atoms with Gasteiger partial charge in [0.1, 0.15) is 5.82 Å². The second kappa shape index (κ2) is 6.53. The molecule has 0 unspecified atom stereocenters. The summed E-state index contributed by atoms with van der Waals surface area (Å²) in [6, 6.07) is 11.9. The van der Waals surface area contributed by atoms with Crippen molar-refractivity contribution in [2.24, 2.45) is 0 Å². The van der Waals surface area contributed by atoms with Crippen LogP contribution in [0.4, 0.5) is 4.39 Å². The highest BCUT2D eigenvalue weighted by Gasteiger charge is 2.11. The zero-order chi connectivity index (χ0) is 14.5. The van der Waals surface area contributed by atoms with Crippen LogP contribution in [-0.4, -0.2) is 12.5 Å². The quantitative estimate of drug-likeness (QED) is 0.913. The zero-order valence-electron chi connectivity index (χ0n) is 11.1. The Balaban J connectivity index is 1.94. The Hall–Kier alpha value is -1.87. The Kier molecular flexibility index (Phi) is 4.74. The molecule has 0 fully saturated rings. The molecule has 2 nitrogen and oxygen atoms in total. The predicted molar refractivity (Wildman–Crippen MR) is 78.6 cm³/mol. The summed E-state index contributed by atoms with van der Waals surface area (Å²) in [6.07, 6.45) is 0.653. The molecule has 2 aromatic rings. The first-order valence-electron chi connectivity index (χ1n) is 6.35. The van der Waals surface area contributed by atoms with Gasteiger partial charge in [-0.2, -0.15) is 0 Å². The van der Waals surface area contributed by atoms with E-state index in [2.05, 4.69) is 5.32 Å². The maximum absolute atomic E-state index is 13.5. The third kappa shape index (κ3) is 3.81. The lowest BCUT2D eigenvalue weighted by molar-refractivity contribution is 0.0950. The van der Waals surface area contributed by atoms with E-state index in [-0.39, 0.29) is 5.56 Å². The van der Waals surface area contributed by atoms with Crippen molar-refractivity contribution in [3.8, 4) is 0 Å². The van der Waals surface area contributed by atoms with E-state index in [4.69, 9.17) is 11.6 Å². The molecule has 4 heteroatoms. The van der Waals surface area contributed by atoms with Crippen LogP contribution in [0.2, 0.25) is 5.02 Å². The second-order valence-electron chi connectivity index (χ2n) is 4.62. The minimum atomic E-state index is -0.504. The smallest absolute Gasteiger partial charge is 0.254 e. The molecule has 1 amide bonds. The minimum Gasteiger partial charge on any atom is -0.352 e. The summed E-state index contributed by atoms with van der Waals surface area (Å²) in [5, 5.41) is 3.38.